The highest BCUT2D eigenvalue weighted by Gasteiger charge is 2.28. The van der Waals surface area contributed by atoms with Crippen LogP contribution >= 0.6 is 7.82 Å². The van der Waals surface area contributed by atoms with Crippen molar-refractivity contribution in [2.24, 2.45) is 5.73 Å². The quantitative estimate of drug-likeness (QED) is 0.0321. The van der Waals surface area contributed by atoms with Crippen molar-refractivity contribution in [2.45, 2.75) is 148 Å². The SMILES string of the molecule is CCCCC/C=C/CCCCCCCC(=O)OC[C@@H](COP(=O)(O)OC[C@@H](N)C(=O)O)OC(=O)CCCCCCCCC. The van der Waals surface area contributed by atoms with Gasteiger partial charge in [-0.25, -0.2) is 4.57 Å². The number of carbonyl (C=O) groups is 3. The molecule has 0 saturated carbocycles. The fraction of sp³-hybridized carbons (Fsp3) is 0.839. The van der Waals surface area contributed by atoms with Crippen LogP contribution in [0.5, 0.6) is 0 Å². The van der Waals surface area contributed by atoms with Gasteiger partial charge in [-0.15, -0.1) is 0 Å². The van der Waals surface area contributed by atoms with Crippen LogP contribution in [0.15, 0.2) is 12.2 Å². The summed E-state index contributed by atoms with van der Waals surface area (Å²) < 4.78 is 32.3. The lowest BCUT2D eigenvalue weighted by molar-refractivity contribution is -0.161. The third kappa shape index (κ3) is 27.5. The Morgan fingerprint density at radius 3 is 1.74 bits per heavy atom. The second-order valence-electron chi connectivity index (χ2n) is 10.9. The number of nitrogens with two attached hydrogens (primary N) is 1. The second kappa shape index (κ2) is 27.7. The fourth-order valence-corrected chi connectivity index (χ4v) is 4.89. The second-order valence-corrected chi connectivity index (χ2v) is 12.4. The zero-order valence-corrected chi connectivity index (χ0v) is 27.4. The molecule has 0 aliphatic carbocycles. The third-order valence-electron chi connectivity index (χ3n) is 6.76. The fourth-order valence-electron chi connectivity index (χ4n) is 4.12. The number of phosphoric ester groups is 1. The maximum atomic E-state index is 12.4. The summed E-state index contributed by atoms with van der Waals surface area (Å²) in [4.78, 5) is 45.3. The van der Waals surface area contributed by atoms with Gasteiger partial charge in [-0.2, -0.15) is 0 Å². The van der Waals surface area contributed by atoms with E-state index in [-0.39, 0.29) is 19.4 Å². The van der Waals surface area contributed by atoms with Crippen LogP contribution in [-0.2, 0) is 37.5 Å². The van der Waals surface area contributed by atoms with Crippen LogP contribution in [0.3, 0.4) is 0 Å². The first-order valence-corrected chi connectivity index (χ1v) is 17.7. The van der Waals surface area contributed by atoms with Gasteiger partial charge in [-0.3, -0.25) is 23.4 Å². The smallest absolute Gasteiger partial charge is 0.472 e. The van der Waals surface area contributed by atoms with Crippen LogP contribution < -0.4 is 5.73 Å². The largest absolute Gasteiger partial charge is 0.480 e. The number of hydrogen-bond acceptors (Lipinski definition) is 9. The van der Waals surface area contributed by atoms with Gasteiger partial charge in [0.2, 0.25) is 0 Å². The highest BCUT2D eigenvalue weighted by Crippen LogP contribution is 2.43. The molecule has 0 aromatic heterocycles. The van der Waals surface area contributed by atoms with E-state index in [1.807, 2.05) is 0 Å². The van der Waals surface area contributed by atoms with Crippen molar-refractivity contribution in [1.82, 2.24) is 0 Å². The van der Waals surface area contributed by atoms with Crippen molar-refractivity contribution >= 4 is 25.7 Å². The number of unbranched alkanes of at least 4 members (excludes halogenated alkanes) is 14. The van der Waals surface area contributed by atoms with Crippen molar-refractivity contribution in [1.29, 1.82) is 0 Å². The lowest BCUT2D eigenvalue weighted by atomic mass is 10.1. The standard InChI is InChI=1S/C31H58NO10P/c1-3-5-7-9-11-12-13-14-15-17-18-20-22-29(33)39-24-27(25-40-43(37,38)41-26-28(32)31(35)36)42-30(34)23-21-19-16-10-8-6-4-2/h11-12,27-28H,3-10,13-26,32H2,1-2H3,(H,35,36)(H,37,38)/b12-11+/t27-,28+/m0/s1. The molecule has 0 aliphatic rings. The predicted molar refractivity (Wildman–Crippen MR) is 166 cm³/mol. The molecule has 0 aliphatic heterocycles. The summed E-state index contributed by atoms with van der Waals surface area (Å²) >= 11 is 0. The van der Waals surface area contributed by atoms with Crippen molar-refractivity contribution in [3.63, 3.8) is 0 Å². The summed E-state index contributed by atoms with van der Waals surface area (Å²) in [5, 5.41) is 8.80. The van der Waals surface area contributed by atoms with E-state index < -0.39 is 51.1 Å². The summed E-state index contributed by atoms with van der Waals surface area (Å²) in [6, 6.07) is -1.52. The minimum atomic E-state index is -4.69. The normalized spacial score (nSPS) is 14.3. The van der Waals surface area contributed by atoms with Gasteiger partial charge in [-0.1, -0.05) is 96.6 Å². The van der Waals surface area contributed by atoms with Crippen molar-refractivity contribution in [2.75, 3.05) is 19.8 Å². The van der Waals surface area contributed by atoms with Gasteiger partial charge in [0.05, 0.1) is 13.2 Å². The zero-order valence-electron chi connectivity index (χ0n) is 26.6. The number of phosphoric acid groups is 1. The molecule has 0 aromatic carbocycles. The zero-order chi connectivity index (χ0) is 32.2. The van der Waals surface area contributed by atoms with Crippen LogP contribution in [0.25, 0.3) is 0 Å². The van der Waals surface area contributed by atoms with E-state index in [1.54, 1.807) is 0 Å². The molecule has 4 N–H and O–H groups in total. The molecule has 12 heteroatoms. The highest BCUT2D eigenvalue weighted by molar-refractivity contribution is 7.47. The number of rotatable bonds is 30. The molecule has 3 atom stereocenters. The molecule has 43 heavy (non-hydrogen) atoms. The van der Waals surface area contributed by atoms with Gasteiger partial charge >= 0.3 is 25.7 Å². The van der Waals surface area contributed by atoms with E-state index in [0.29, 0.717) is 12.8 Å². The van der Waals surface area contributed by atoms with E-state index in [9.17, 15) is 23.8 Å². The monoisotopic (exact) mass is 635 g/mol. The molecule has 0 fully saturated rings. The van der Waals surface area contributed by atoms with E-state index in [2.05, 4.69) is 30.5 Å². The topological polar surface area (TPSA) is 172 Å². The molecule has 0 radical (unpaired) electrons. The number of hydrogen-bond donors (Lipinski definition) is 3. The Balaban J connectivity index is 4.49. The van der Waals surface area contributed by atoms with Gasteiger partial charge < -0.3 is 25.2 Å². The number of esters is 2. The first-order valence-electron chi connectivity index (χ1n) is 16.2. The lowest BCUT2D eigenvalue weighted by Gasteiger charge is -2.20. The molecule has 252 valence electrons. The molecular formula is C31H58NO10P. The van der Waals surface area contributed by atoms with Crippen molar-refractivity contribution in [3.8, 4) is 0 Å². The van der Waals surface area contributed by atoms with Crippen molar-refractivity contribution in [3.05, 3.63) is 12.2 Å². The van der Waals surface area contributed by atoms with Crippen LogP contribution in [0, 0.1) is 0 Å². The maximum Gasteiger partial charge on any atom is 0.472 e. The predicted octanol–water partition coefficient (Wildman–Crippen LogP) is 6.99. The van der Waals surface area contributed by atoms with Crippen molar-refractivity contribution < 1.29 is 47.5 Å². The number of carboxylic acids is 1. The summed E-state index contributed by atoms with van der Waals surface area (Å²) in [5.41, 5.74) is 5.28. The number of carboxylic acid groups (broad SMARTS) is 1. The Hall–Kier alpha value is -1.78. The van der Waals surface area contributed by atoms with E-state index >= 15 is 0 Å². The summed E-state index contributed by atoms with van der Waals surface area (Å²) in [7, 11) is -4.69. The summed E-state index contributed by atoms with van der Waals surface area (Å²) in [5.74, 6) is -2.40. The first-order chi connectivity index (χ1) is 20.6. The molecule has 0 saturated heterocycles. The van der Waals surface area contributed by atoms with Gasteiger partial charge in [-0.05, 0) is 38.5 Å². The summed E-state index contributed by atoms with van der Waals surface area (Å²) in [6.07, 6.45) is 21.8. The Bertz CT molecular complexity index is 807. The average Bonchev–Trinajstić information content (AvgIpc) is 2.97. The van der Waals surface area contributed by atoms with E-state index in [1.165, 1.54) is 32.1 Å². The van der Waals surface area contributed by atoms with Gasteiger partial charge in [0.15, 0.2) is 6.10 Å². The lowest BCUT2D eigenvalue weighted by Crippen LogP contribution is -2.34. The molecule has 0 heterocycles. The van der Waals surface area contributed by atoms with Gasteiger partial charge in [0, 0.05) is 12.8 Å². The Morgan fingerprint density at radius 1 is 0.698 bits per heavy atom. The number of carbonyl (C=O) groups excluding carboxylic acids is 2. The molecule has 0 spiro atoms. The minimum Gasteiger partial charge on any atom is -0.480 e. The summed E-state index contributed by atoms with van der Waals surface area (Å²) in [6.45, 7) is 2.67. The molecule has 1 unspecified atom stereocenters. The van der Waals surface area contributed by atoms with E-state index in [4.69, 9.17) is 24.8 Å². The number of allylic oxidation sites excluding steroid dienone is 2. The molecule has 0 amide bonds. The van der Waals surface area contributed by atoms with Crippen LogP contribution in [0.1, 0.15) is 136 Å². The van der Waals surface area contributed by atoms with Crippen LogP contribution in [0.4, 0.5) is 0 Å². The highest BCUT2D eigenvalue weighted by atomic mass is 31.2. The molecule has 11 nitrogen and oxygen atoms in total. The van der Waals surface area contributed by atoms with E-state index in [0.717, 1.165) is 64.2 Å². The third-order valence-corrected chi connectivity index (χ3v) is 7.71. The molecular weight excluding hydrogens is 577 g/mol. The average molecular weight is 636 g/mol. The van der Waals surface area contributed by atoms with Crippen LogP contribution in [-0.4, -0.2) is 59.9 Å². The molecule has 0 aromatic rings. The maximum absolute atomic E-state index is 12.4. The Kier molecular flexibility index (Phi) is 26.6. The Labute approximate surface area is 258 Å². The molecule has 0 rings (SSSR count). The first kappa shape index (κ1) is 41.2. The minimum absolute atomic E-state index is 0.160. The Morgan fingerprint density at radius 2 is 1.16 bits per heavy atom. The molecule has 0 bridgehead atoms. The van der Waals surface area contributed by atoms with Crippen LogP contribution in [0.2, 0.25) is 0 Å². The van der Waals surface area contributed by atoms with Gasteiger partial charge in [0.25, 0.3) is 0 Å². The number of aliphatic carboxylic acids is 1. The van der Waals surface area contributed by atoms with Gasteiger partial charge in [0.1, 0.15) is 12.6 Å². The number of ether oxygens (including phenoxy) is 2.